The second kappa shape index (κ2) is 5.00. The van der Waals surface area contributed by atoms with Crippen LogP contribution < -0.4 is 0 Å². The van der Waals surface area contributed by atoms with Gasteiger partial charge >= 0.3 is 0 Å². The van der Waals surface area contributed by atoms with Crippen molar-refractivity contribution in [2.75, 3.05) is 0 Å². The monoisotopic (exact) mass is 306 g/mol. The zero-order valence-corrected chi connectivity index (χ0v) is 12.3. The molecule has 0 amide bonds. The van der Waals surface area contributed by atoms with Gasteiger partial charge in [-0.15, -0.1) is 0 Å². The maximum absolute atomic E-state index is 9.51. The van der Waals surface area contributed by atoms with Crippen molar-refractivity contribution in [3.63, 3.8) is 0 Å². The lowest BCUT2D eigenvalue weighted by molar-refractivity contribution is 0.476. The summed E-state index contributed by atoms with van der Waals surface area (Å²) in [6, 6.07) is 10.6. The normalized spacial score (nSPS) is 11.2. The average Bonchev–Trinajstić information content (AvgIpc) is 2.69. The number of fused-ring (bicyclic) bond motifs is 1. The Kier molecular flexibility index (Phi) is 3.32. The Morgan fingerprint density at radius 3 is 2.75 bits per heavy atom. The lowest BCUT2D eigenvalue weighted by Crippen LogP contribution is -2.02. The van der Waals surface area contributed by atoms with Gasteiger partial charge in [-0.05, 0) is 42.8 Å². The van der Waals surface area contributed by atoms with Crippen molar-refractivity contribution in [1.82, 2.24) is 9.55 Å². The predicted octanol–water partition coefficient (Wildman–Crippen LogP) is 4.41. The van der Waals surface area contributed by atoms with Gasteiger partial charge < -0.3 is 9.67 Å². The fourth-order valence-corrected chi connectivity index (χ4v) is 2.65. The average molecular weight is 307 g/mol. The summed E-state index contributed by atoms with van der Waals surface area (Å²) < 4.78 is 2.05. The molecule has 0 saturated heterocycles. The van der Waals surface area contributed by atoms with E-state index in [0.29, 0.717) is 16.6 Å². The number of hydrogen-bond donors (Lipinski definition) is 1. The third-order valence-electron chi connectivity index (χ3n) is 3.26. The van der Waals surface area contributed by atoms with Crippen molar-refractivity contribution in [1.29, 1.82) is 0 Å². The SMILES string of the molecule is Cc1nc2cc(O)ccc2n1Cc1cc(Cl)ccc1Cl. The van der Waals surface area contributed by atoms with Gasteiger partial charge in [0.2, 0.25) is 0 Å². The molecule has 0 radical (unpaired) electrons. The van der Waals surface area contributed by atoms with Crippen molar-refractivity contribution in [2.45, 2.75) is 13.5 Å². The minimum atomic E-state index is 0.211. The molecule has 0 saturated carbocycles. The molecule has 1 heterocycles. The highest BCUT2D eigenvalue weighted by Crippen LogP contribution is 2.25. The number of halogens is 2. The summed E-state index contributed by atoms with van der Waals surface area (Å²) in [5.74, 6) is 1.07. The zero-order chi connectivity index (χ0) is 14.3. The van der Waals surface area contributed by atoms with E-state index in [1.165, 1.54) is 0 Å². The van der Waals surface area contributed by atoms with E-state index in [-0.39, 0.29) is 5.75 Å². The standard InChI is InChI=1S/C15H12Cl2N2O/c1-9-18-14-7-12(20)3-5-15(14)19(9)8-10-6-11(16)2-4-13(10)17/h2-7,20H,8H2,1H3. The maximum atomic E-state index is 9.51. The van der Waals surface area contributed by atoms with Gasteiger partial charge in [-0.3, -0.25) is 0 Å². The van der Waals surface area contributed by atoms with Gasteiger partial charge in [0.25, 0.3) is 0 Å². The number of phenols is 1. The summed E-state index contributed by atoms with van der Waals surface area (Å²) in [6.07, 6.45) is 0. The van der Waals surface area contributed by atoms with Crippen LogP contribution in [0.1, 0.15) is 11.4 Å². The Balaban J connectivity index is 2.10. The molecular formula is C15H12Cl2N2O. The van der Waals surface area contributed by atoms with E-state index in [1.807, 2.05) is 23.6 Å². The summed E-state index contributed by atoms with van der Waals surface area (Å²) in [7, 11) is 0. The van der Waals surface area contributed by atoms with Gasteiger partial charge in [0.05, 0.1) is 17.6 Å². The van der Waals surface area contributed by atoms with E-state index in [1.54, 1.807) is 24.3 Å². The molecule has 0 aliphatic rings. The number of phenolic OH excluding ortho intramolecular Hbond substituents is 1. The number of imidazole rings is 1. The van der Waals surface area contributed by atoms with Crippen LogP contribution >= 0.6 is 23.2 Å². The quantitative estimate of drug-likeness (QED) is 0.761. The first-order chi connectivity index (χ1) is 9.54. The minimum Gasteiger partial charge on any atom is -0.508 e. The van der Waals surface area contributed by atoms with E-state index in [2.05, 4.69) is 4.98 Å². The van der Waals surface area contributed by atoms with Crippen molar-refractivity contribution < 1.29 is 5.11 Å². The van der Waals surface area contributed by atoms with E-state index in [4.69, 9.17) is 23.2 Å². The van der Waals surface area contributed by atoms with Crippen molar-refractivity contribution in [3.05, 3.63) is 57.8 Å². The van der Waals surface area contributed by atoms with E-state index >= 15 is 0 Å². The lowest BCUT2D eigenvalue weighted by Gasteiger charge is -2.09. The molecule has 3 aromatic rings. The molecule has 0 unspecified atom stereocenters. The van der Waals surface area contributed by atoms with Gasteiger partial charge in [-0.1, -0.05) is 23.2 Å². The van der Waals surface area contributed by atoms with Gasteiger partial charge in [-0.25, -0.2) is 4.98 Å². The summed E-state index contributed by atoms with van der Waals surface area (Å²) >= 11 is 12.2. The molecule has 0 spiro atoms. The highest BCUT2D eigenvalue weighted by molar-refractivity contribution is 6.33. The molecule has 3 nitrogen and oxygen atoms in total. The third kappa shape index (κ3) is 2.35. The number of rotatable bonds is 2. The number of aryl methyl sites for hydroxylation is 1. The number of aromatic hydroxyl groups is 1. The van der Waals surface area contributed by atoms with Gasteiger partial charge in [0.1, 0.15) is 11.6 Å². The Morgan fingerprint density at radius 1 is 1.15 bits per heavy atom. The molecule has 3 rings (SSSR count). The Morgan fingerprint density at radius 2 is 1.95 bits per heavy atom. The summed E-state index contributed by atoms with van der Waals surface area (Å²) in [5, 5.41) is 10.8. The molecule has 0 fully saturated rings. The van der Waals surface area contributed by atoms with Gasteiger partial charge in [0.15, 0.2) is 0 Å². The number of hydrogen-bond acceptors (Lipinski definition) is 2. The largest absolute Gasteiger partial charge is 0.508 e. The smallest absolute Gasteiger partial charge is 0.117 e. The molecule has 0 atom stereocenters. The van der Waals surface area contributed by atoms with Crippen molar-refractivity contribution >= 4 is 34.2 Å². The van der Waals surface area contributed by atoms with E-state index in [0.717, 1.165) is 22.4 Å². The number of nitrogens with zero attached hydrogens (tertiary/aromatic N) is 2. The molecule has 5 heteroatoms. The summed E-state index contributed by atoms with van der Waals surface area (Å²) in [6.45, 7) is 2.52. The molecule has 0 aliphatic heterocycles. The third-order valence-corrected chi connectivity index (χ3v) is 3.86. The molecule has 20 heavy (non-hydrogen) atoms. The molecule has 0 bridgehead atoms. The minimum absolute atomic E-state index is 0.211. The molecular weight excluding hydrogens is 295 g/mol. The fourth-order valence-electron chi connectivity index (χ4n) is 2.27. The van der Waals surface area contributed by atoms with Crippen LogP contribution in [-0.2, 0) is 6.54 Å². The first-order valence-electron chi connectivity index (χ1n) is 6.14. The predicted molar refractivity (Wildman–Crippen MR) is 81.7 cm³/mol. The van der Waals surface area contributed by atoms with E-state index < -0.39 is 0 Å². The Labute approximate surface area is 126 Å². The Bertz CT molecular complexity index is 796. The van der Waals surface area contributed by atoms with Gasteiger partial charge in [-0.2, -0.15) is 0 Å². The highest BCUT2D eigenvalue weighted by Gasteiger charge is 2.10. The van der Waals surface area contributed by atoms with Crippen LogP contribution in [0, 0.1) is 6.92 Å². The summed E-state index contributed by atoms with van der Waals surface area (Å²) in [5.41, 5.74) is 2.66. The lowest BCUT2D eigenvalue weighted by atomic mass is 10.2. The number of aromatic nitrogens is 2. The fraction of sp³-hybridized carbons (Fsp3) is 0.133. The van der Waals surface area contributed by atoms with Crippen molar-refractivity contribution in [3.8, 4) is 5.75 Å². The topological polar surface area (TPSA) is 38.1 Å². The molecule has 102 valence electrons. The summed E-state index contributed by atoms with van der Waals surface area (Å²) in [4.78, 5) is 4.45. The number of benzene rings is 2. The van der Waals surface area contributed by atoms with Crippen LogP contribution in [0.2, 0.25) is 10.0 Å². The van der Waals surface area contributed by atoms with Crippen molar-refractivity contribution in [2.24, 2.45) is 0 Å². The highest BCUT2D eigenvalue weighted by atomic mass is 35.5. The van der Waals surface area contributed by atoms with Crippen LogP contribution in [0.25, 0.3) is 11.0 Å². The Hall–Kier alpha value is -1.71. The molecule has 1 aromatic heterocycles. The zero-order valence-electron chi connectivity index (χ0n) is 10.8. The van der Waals surface area contributed by atoms with Crippen LogP contribution in [0.15, 0.2) is 36.4 Å². The second-order valence-electron chi connectivity index (χ2n) is 4.65. The van der Waals surface area contributed by atoms with Gasteiger partial charge in [0, 0.05) is 16.1 Å². The van der Waals surface area contributed by atoms with E-state index in [9.17, 15) is 5.11 Å². The van der Waals surface area contributed by atoms with Crippen LogP contribution in [-0.4, -0.2) is 14.7 Å². The van der Waals surface area contributed by atoms with Crippen LogP contribution in [0.3, 0.4) is 0 Å². The molecule has 0 aliphatic carbocycles. The first kappa shape index (κ1) is 13.3. The first-order valence-corrected chi connectivity index (χ1v) is 6.90. The molecule has 2 aromatic carbocycles. The van der Waals surface area contributed by atoms with Crippen LogP contribution in [0.5, 0.6) is 5.75 Å². The van der Waals surface area contributed by atoms with Crippen LogP contribution in [0.4, 0.5) is 0 Å². The second-order valence-corrected chi connectivity index (χ2v) is 5.50. The molecule has 1 N–H and O–H groups in total. The maximum Gasteiger partial charge on any atom is 0.117 e.